The van der Waals surface area contributed by atoms with Crippen LogP contribution in [-0.4, -0.2) is 5.91 Å². The second kappa shape index (κ2) is 7.25. The van der Waals surface area contributed by atoms with E-state index in [0.717, 1.165) is 23.0 Å². The number of halogens is 1. The Morgan fingerprint density at radius 2 is 1.85 bits per heavy atom. The molecule has 2 aromatic carbocycles. The standard InChI is InChI=1S/C17H18BrNO/c1-2-13-8-10-16(15(18)12-13)19-17(20)11-9-14-6-4-3-5-7-14/h3-8,10,12H,2,9,11H2,1H3,(H,19,20). The fourth-order valence-corrected chi connectivity index (χ4v) is 2.52. The normalized spacial score (nSPS) is 10.3. The van der Waals surface area contributed by atoms with Crippen LogP contribution in [0.5, 0.6) is 0 Å². The highest BCUT2D eigenvalue weighted by Gasteiger charge is 2.06. The zero-order valence-electron chi connectivity index (χ0n) is 11.5. The SMILES string of the molecule is CCc1ccc(NC(=O)CCc2ccccc2)c(Br)c1. The van der Waals surface area contributed by atoms with Crippen molar-refractivity contribution in [2.45, 2.75) is 26.2 Å². The number of amides is 1. The van der Waals surface area contributed by atoms with Gasteiger partial charge in [-0.25, -0.2) is 0 Å². The Labute approximate surface area is 128 Å². The average molecular weight is 332 g/mol. The molecular weight excluding hydrogens is 314 g/mol. The van der Waals surface area contributed by atoms with Crippen LogP contribution in [0.4, 0.5) is 5.69 Å². The van der Waals surface area contributed by atoms with Crippen LogP contribution in [0.15, 0.2) is 53.0 Å². The lowest BCUT2D eigenvalue weighted by Crippen LogP contribution is -2.12. The van der Waals surface area contributed by atoms with Gasteiger partial charge in [0.2, 0.25) is 5.91 Å². The molecule has 0 unspecified atom stereocenters. The van der Waals surface area contributed by atoms with Crippen molar-refractivity contribution in [2.75, 3.05) is 5.32 Å². The minimum absolute atomic E-state index is 0.0406. The van der Waals surface area contributed by atoms with Gasteiger partial charge in [0.1, 0.15) is 0 Å². The Bertz CT molecular complexity index is 581. The maximum atomic E-state index is 12.0. The van der Waals surface area contributed by atoms with Crippen molar-refractivity contribution in [3.8, 4) is 0 Å². The van der Waals surface area contributed by atoms with E-state index in [1.54, 1.807) is 0 Å². The second-order valence-corrected chi connectivity index (χ2v) is 5.56. The van der Waals surface area contributed by atoms with Gasteiger partial charge < -0.3 is 5.32 Å². The van der Waals surface area contributed by atoms with Crippen LogP contribution >= 0.6 is 15.9 Å². The van der Waals surface area contributed by atoms with E-state index in [1.165, 1.54) is 11.1 Å². The molecular formula is C17H18BrNO. The van der Waals surface area contributed by atoms with E-state index in [-0.39, 0.29) is 5.91 Å². The second-order valence-electron chi connectivity index (χ2n) is 4.70. The summed E-state index contributed by atoms with van der Waals surface area (Å²) in [4.78, 5) is 12.0. The summed E-state index contributed by atoms with van der Waals surface area (Å²) in [6.07, 6.45) is 2.24. The summed E-state index contributed by atoms with van der Waals surface area (Å²) < 4.78 is 0.935. The third-order valence-electron chi connectivity index (χ3n) is 3.20. The fourth-order valence-electron chi connectivity index (χ4n) is 2.00. The Balaban J connectivity index is 1.91. The molecule has 1 amide bonds. The molecule has 0 bridgehead atoms. The summed E-state index contributed by atoms with van der Waals surface area (Å²) in [7, 11) is 0. The van der Waals surface area contributed by atoms with Gasteiger partial charge in [0.05, 0.1) is 5.69 Å². The first-order chi connectivity index (χ1) is 9.69. The minimum Gasteiger partial charge on any atom is -0.325 e. The number of hydrogen-bond acceptors (Lipinski definition) is 1. The summed E-state index contributed by atoms with van der Waals surface area (Å²) in [6.45, 7) is 2.11. The summed E-state index contributed by atoms with van der Waals surface area (Å²) in [6, 6.07) is 16.1. The Morgan fingerprint density at radius 3 is 2.50 bits per heavy atom. The molecule has 0 radical (unpaired) electrons. The number of aryl methyl sites for hydroxylation is 2. The summed E-state index contributed by atoms with van der Waals surface area (Å²) >= 11 is 3.50. The number of hydrogen-bond donors (Lipinski definition) is 1. The average Bonchev–Trinajstić information content (AvgIpc) is 2.48. The van der Waals surface area contributed by atoms with Gasteiger partial charge in [-0.3, -0.25) is 4.79 Å². The van der Waals surface area contributed by atoms with Gasteiger partial charge in [0.25, 0.3) is 0 Å². The maximum Gasteiger partial charge on any atom is 0.224 e. The lowest BCUT2D eigenvalue weighted by Gasteiger charge is -2.09. The monoisotopic (exact) mass is 331 g/mol. The summed E-state index contributed by atoms with van der Waals surface area (Å²) in [5.74, 6) is 0.0406. The Morgan fingerprint density at radius 1 is 1.10 bits per heavy atom. The van der Waals surface area contributed by atoms with E-state index in [4.69, 9.17) is 0 Å². The Kier molecular flexibility index (Phi) is 5.36. The zero-order valence-corrected chi connectivity index (χ0v) is 13.1. The predicted molar refractivity (Wildman–Crippen MR) is 86.9 cm³/mol. The number of benzene rings is 2. The molecule has 2 aromatic rings. The maximum absolute atomic E-state index is 12.0. The van der Waals surface area contributed by atoms with Gasteiger partial charge in [0, 0.05) is 10.9 Å². The van der Waals surface area contributed by atoms with Crippen LogP contribution in [0.25, 0.3) is 0 Å². The number of carbonyl (C=O) groups is 1. The molecule has 1 N–H and O–H groups in total. The number of carbonyl (C=O) groups excluding carboxylic acids is 1. The molecule has 0 aliphatic rings. The molecule has 0 atom stereocenters. The van der Waals surface area contributed by atoms with E-state index in [2.05, 4.69) is 28.2 Å². The van der Waals surface area contributed by atoms with Gasteiger partial charge in [0.15, 0.2) is 0 Å². The third kappa shape index (κ3) is 4.20. The van der Waals surface area contributed by atoms with Crippen molar-refractivity contribution in [1.82, 2.24) is 0 Å². The molecule has 0 aliphatic heterocycles. The molecule has 0 fully saturated rings. The number of nitrogens with one attached hydrogen (secondary N) is 1. The molecule has 0 saturated heterocycles. The largest absolute Gasteiger partial charge is 0.325 e. The van der Waals surface area contributed by atoms with Crippen LogP contribution in [-0.2, 0) is 17.6 Å². The van der Waals surface area contributed by atoms with Gasteiger partial charge in [-0.1, -0.05) is 43.3 Å². The van der Waals surface area contributed by atoms with E-state index >= 15 is 0 Å². The van der Waals surface area contributed by atoms with Crippen LogP contribution in [0.1, 0.15) is 24.5 Å². The van der Waals surface area contributed by atoms with E-state index in [9.17, 15) is 4.79 Å². The van der Waals surface area contributed by atoms with Gasteiger partial charge >= 0.3 is 0 Å². The van der Waals surface area contributed by atoms with Crippen molar-refractivity contribution in [3.05, 3.63) is 64.1 Å². The van der Waals surface area contributed by atoms with E-state index in [0.29, 0.717) is 6.42 Å². The van der Waals surface area contributed by atoms with Crippen LogP contribution < -0.4 is 5.32 Å². The first-order valence-corrected chi connectivity index (χ1v) is 7.60. The zero-order chi connectivity index (χ0) is 14.4. The molecule has 104 valence electrons. The van der Waals surface area contributed by atoms with Crippen molar-refractivity contribution in [2.24, 2.45) is 0 Å². The first-order valence-electron chi connectivity index (χ1n) is 6.81. The lowest BCUT2D eigenvalue weighted by atomic mass is 10.1. The van der Waals surface area contributed by atoms with Crippen molar-refractivity contribution >= 4 is 27.5 Å². The Hall–Kier alpha value is -1.61. The highest BCUT2D eigenvalue weighted by Crippen LogP contribution is 2.24. The van der Waals surface area contributed by atoms with Crippen LogP contribution in [0, 0.1) is 0 Å². The highest BCUT2D eigenvalue weighted by atomic mass is 79.9. The van der Waals surface area contributed by atoms with Gasteiger partial charge in [-0.05, 0) is 52.0 Å². The number of anilines is 1. The molecule has 0 spiro atoms. The quantitative estimate of drug-likeness (QED) is 0.853. The molecule has 2 nitrogen and oxygen atoms in total. The minimum atomic E-state index is 0.0406. The molecule has 0 aliphatic carbocycles. The fraction of sp³-hybridized carbons (Fsp3) is 0.235. The predicted octanol–water partition coefficient (Wildman–Crippen LogP) is 4.58. The molecule has 0 saturated carbocycles. The van der Waals surface area contributed by atoms with Crippen molar-refractivity contribution in [1.29, 1.82) is 0 Å². The summed E-state index contributed by atoms with van der Waals surface area (Å²) in [5.41, 5.74) is 3.27. The van der Waals surface area contributed by atoms with E-state index < -0.39 is 0 Å². The van der Waals surface area contributed by atoms with Crippen molar-refractivity contribution in [3.63, 3.8) is 0 Å². The lowest BCUT2D eigenvalue weighted by molar-refractivity contribution is -0.116. The first kappa shape index (κ1) is 14.8. The molecule has 0 heterocycles. The van der Waals surface area contributed by atoms with E-state index in [1.807, 2.05) is 48.5 Å². The molecule has 3 heteroatoms. The van der Waals surface area contributed by atoms with Crippen LogP contribution in [0.3, 0.4) is 0 Å². The van der Waals surface area contributed by atoms with Crippen LogP contribution in [0.2, 0.25) is 0 Å². The topological polar surface area (TPSA) is 29.1 Å². The van der Waals surface area contributed by atoms with Crippen molar-refractivity contribution < 1.29 is 4.79 Å². The number of rotatable bonds is 5. The van der Waals surface area contributed by atoms with Gasteiger partial charge in [-0.15, -0.1) is 0 Å². The summed E-state index contributed by atoms with van der Waals surface area (Å²) in [5, 5.41) is 2.95. The molecule has 2 rings (SSSR count). The highest BCUT2D eigenvalue weighted by molar-refractivity contribution is 9.10. The smallest absolute Gasteiger partial charge is 0.224 e. The third-order valence-corrected chi connectivity index (χ3v) is 3.86. The molecule has 0 aromatic heterocycles. The van der Waals surface area contributed by atoms with Gasteiger partial charge in [-0.2, -0.15) is 0 Å². The molecule has 20 heavy (non-hydrogen) atoms.